The molecule has 0 bridgehead atoms. The minimum absolute atomic E-state index is 0.0593. The lowest BCUT2D eigenvalue weighted by atomic mass is 10.2. The van der Waals surface area contributed by atoms with E-state index < -0.39 is 11.2 Å². The Kier molecular flexibility index (Phi) is 6.31. The van der Waals surface area contributed by atoms with Crippen LogP contribution in [0.5, 0.6) is 0 Å². The highest BCUT2D eigenvalue weighted by atomic mass is 32.1. The molecule has 0 aromatic rings. The van der Waals surface area contributed by atoms with Crippen LogP contribution in [0, 0.1) is 0 Å². The number of carbonyl (C=O) groups is 2. The summed E-state index contributed by atoms with van der Waals surface area (Å²) in [4.78, 5) is 22.0. The van der Waals surface area contributed by atoms with E-state index in [1.165, 1.54) is 7.11 Å². The zero-order chi connectivity index (χ0) is 11.1. The van der Waals surface area contributed by atoms with Crippen LogP contribution in [0.1, 0.15) is 6.92 Å². The fraction of sp³-hybridized carbons (Fsp3) is 0.750. The third-order valence-electron chi connectivity index (χ3n) is 1.83. The molecule has 0 spiro atoms. The van der Waals surface area contributed by atoms with Gasteiger partial charge in [-0.25, -0.2) is 0 Å². The first-order valence-electron chi connectivity index (χ1n) is 4.22. The molecule has 0 rings (SSSR count). The number of hydrogen-bond acceptors (Lipinski definition) is 5. The van der Waals surface area contributed by atoms with Gasteiger partial charge in [0.2, 0.25) is 5.91 Å². The van der Waals surface area contributed by atoms with Gasteiger partial charge in [0.1, 0.15) is 6.54 Å². The molecule has 14 heavy (non-hydrogen) atoms. The van der Waals surface area contributed by atoms with E-state index in [0.717, 1.165) is 0 Å². The van der Waals surface area contributed by atoms with E-state index in [-0.39, 0.29) is 18.5 Å². The SMILES string of the molecule is CNC(C)C(S)C(=O)NCC(=O)OC. The second-order valence-electron chi connectivity index (χ2n) is 2.82. The number of methoxy groups -OCH3 is 1. The Morgan fingerprint density at radius 2 is 2.07 bits per heavy atom. The van der Waals surface area contributed by atoms with E-state index in [4.69, 9.17) is 0 Å². The summed E-state index contributed by atoms with van der Waals surface area (Å²) in [6.45, 7) is 1.71. The summed E-state index contributed by atoms with van der Waals surface area (Å²) in [6, 6.07) is -0.0593. The molecule has 0 saturated carbocycles. The molecule has 0 fully saturated rings. The molecule has 0 aromatic heterocycles. The standard InChI is InChI=1S/C8H16N2O3S/c1-5(9-2)7(14)8(12)10-4-6(11)13-3/h5,7,9,14H,4H2,1-3H3,(H,10,12). The molecule has 2 N–H and O–H groups in total. The number of hydrogen-bond donors (Lipinski definition) is 3. The Morgan fingerprint density at radius 1 is 1.50 bits per heavy atom. The van der Waals surface area contributed by atoms with Gasteiger partial charge in [-0.1, -0.05) is 0 Å². The molecule has 1 amide bonds. The predicted molar refractivity (Wildman–Crippen MR) is 56.3 cm³/mol. The first kappa shape index (κ1) is 13.2. The van der Waals surface area contributed by atoms with Gasteiger partial charge >= 0.3 is 5.97 Å². The van der Waals surface area contributed by atoms with Crippen molar-refractivity contribution in [1.29, 1.82) is 0 Å². The second kappa shape index (κ2) is 6.67. The van der Waals surface area contributed by atoms with Crippen molar-refractivity contribution in [3.63, 3.8) is 0 Å². The highest BCUT2D eigenvalue weighted by molar-refractivity contribution is 7.81. The monoisotopic (exact) mass is 220 g/mol. The molecule has 0 heterocycles. The lowest BCUT2D eigenvalue weighted by molar-refractivity contribution is -0.141. The molecule has 0 aliphatic rings. The van der Waals surface area contributed by atoms with Crippen molar-refractivity contribution in [1.82, 2.24) is 10.6 Å². The molecular weight excluding hydrogens is 204 g/mol. The zero-order valence-electron chi connectivity index (χ0n) is 8.53. The fourth-order valence-corrected chi connectivity index (χ4v) is 0.961. The van der Waals surface area contributed by atoms with Crippen LogP contribution in [0.4, 0.5) is 0 Å². The van der Waals surface area contributed by atoms with Crippen molar-refractivity contribution in [3.05, 3.63) is 0 Å². The Labute approximate surface area is 89.0 Å². The van der Waals surface area contributed by atoms with Crippen molar-refractivity contribution in [2.75, 3.05) is 20.7 Å². The lowest BCUT2D eigenvalue weighted by Crippen LogP contribution is -2.44. The molecule has 2 unspecified atom stereocenters. The summed E-state index contributed by atoms with van der Waals surface area (Å²) in [6.07, 6.45) is 0. The van der Waals surface area contributed by atoms with E-state index in [2.05, 4.69) is 28.0 Å². The summed E-state index contributed by atoms with van der Waals surface area (Å²) in [5, 5.41) is 4.83. The van der Waals surface area contributed by atoms with Crippen LogP contribution in [-0.4, -0.2) is 43.9 Å². The quantitative estimate of drug-likeness (QED) is 0.418. The molecule has 0 aromatic carbocycles. The maximum atomic E-state index is 11.3. The highest BCUT2D eigenvalue weighted by Gasteiger charge is 2.19. The molecule has 0 radical (unpaired) electrons. The third-order valence-corrected chi connectivity index (χ3v) is 2.51. The number of nitrogens with one attached hydrogen (secondary N) is 2. The normalized spacial score (nSPS) is 14.3. The molecule has 2 atom stereocenters. The summed E-state index contributed by atoms with van der Waals surface area (Å²) >= 11 is 4.11. The van der Waals surface area contributed by atoms with Gasteiger partial charge in [-0.15, -0.1) is 0 Å². The van der Waals surface area contributed by atoms with Crippen molar-refractivity contribution in [3.8, 4) is 0 Å². The summed E-state index contributed by atoms with van der Waals surface area (Å²) in [5.41, 5.74) is 0. The van der Waals surface area contributed by atoms with Gasteiger partial charge in [-0.05, 0) is 14.0 Å². The van der Waals surface area contributed by atoms with Crippen LogP contribution < -0.4 is 10.6 Å². The number of thiol groups is 1. The topological polar surface area (TPSA) is 67.4 Å². The number of amides is 1. The molecule has 0 saturated heterocycles. The number of esters is 1. The largest absolute Gasteiger partial charge is 0.468 e. The van der Waals surface area contributed by atoms with Gasteiger partial charge in [0.25, 0.3) is 0 Å². The molecule has 82 valence electrons. The van der Waals surface area contributed by atoms with Crippen LogP contribution in [0.15, 0.2) is 0 Å². The average molecular weight is 220 g/mol. The minimum Gasteiger partial charge on any atom is -0.468 e. The van der Waals surface area contributed by atoms with Gasteiger partial charge in [-0.3, -0.25) is 9.59 Å². The molecule has 6 heteroatoms. The Bertz CT molecular complexity index is 211. The first-order chi connectivity index (χ1) is 6.52. The fourth-order valence-electron chi connectivity index (χ4n) is 0.721. The Hall–Kier alpha value is -0.750. The van der Waals surface area contributed by atoms with Crippen molar-refractivity contribution in [2.45, 2.75) is 18.2 Å². The van der Waals surface area contributed by atoms with Crippen LogP contribution in [0.3, 0.4) is 0 Å². The Balaban J connectivity index is 3.90. The third kappa shape index (κ3) is 4.48. The Morgan fingerprint density at radius 3 is 2.50 bits per heavy atom. The first-order valence-corrected chi connectivity index (χ1v) is 4.74. The summed E-state index contributed by atoms with van der Waals surface area (Å²) < 4.78 is 4.37. The summed E-state index contributed by atoms with van der Waals surface area (Å²) in [7, 11) is 3.00. The van der Waals surface area contributed by atoms with Gasteiger partial charge in [0, 0.05) is 6.04 Å². The van der Waals surface area contributed by atoms with Crippen molar-refractivity contribution >= 4 is 24.5 Å². The van der Waals surface area contributed by atoms with E-state index in [9.17, 15) is 9.59 Å². The maximum absolute atomic E-state index is 11.3. The minimum atomic E-state index is -0.482. The number of ether oxygens (including phenoxy) is 1. The van der Waals surface area contributed by atoms with Crippen LogP contribution >= 0.6 is 12.6 Å². The van der Waals surface area contributed by atoms with E-state index >= 15 is 0 Å². The lowest BCUT2D eigenvalue weighted by Gasteiger charge is -2.17. The van der Waals surface area contributed by atoms with Gasteiger partial charge < -0.3 is 15.4 Å². The zero-order valence-corrected chi connectivity index (χ0v) is 9.43. The van der Waals surface area contributed by atoms with Crippen LogP contribution in [0.25, 0.3) is 0 Å². The molecular formula is C8H16N2O3S. The number of rotatable bonds is 5. The van der Waals surface area contributed by atoms with E-state index in [0.29, 0.717) is 0 Å². The maximum Gasteiger partial charge on any atom is 0.325 e. The van der Waals surface area contributed by atoms with Gasteiger partial charge in [0.05, 0.1) is 12.4 Å². The molecule has 0 aliphatic carbocycles. The van der Waals surface area contributed by atoms with Crippen LogP contribution in [-0.2, 0) is 14.3 Å². The molecule has 0 aliphatic heterocycles. The predicted octanol–water partition coefficient (Wildman–Crippen LogP) is -0.818. The second-order valence-corrected chi connectivity index (χ2v) is 3.37. The average Bonchev–Trinajstić information content (AvgIpc) is 2.22. The highest BCUT2D eigenvalue weighted by Crippen LogP contribution is 2.00. The van der Waals surface area contributed by atoms with Crippen molar-refractivity contribution in [2.24, 2.45) is 0 Å². The van der Waals surface area contributed by atoms with Crippen molar-refractivity contribution < 1.29 is 14.3 Å². The van der Waals surface area contributed by atoms with Gasteiger partial charge in [-0.2, -0.15) is 12.6 Å². The summed E-state index contributed by atoms with van der Waals surface area (Å²) in [5.74, 6) is -0.767. The smallest absolute Gasteiger partial charge is 0.325 e. The number of carbonyl (C=O) groups excluding carboxylic acids is 2. The van der Waals surface area contributed by atoms with Gasteiger partial charge in [0.15, 0.2) is 0 Å². The van der Waals surface area contributed by atoms with E-state index in [1.54, 1.807) is 7.05 Å². The van der Waals surface area contributed by atoms with E-state index in [1.807, 2.05) is 6.92 Å². The molecule has 5 nitrogen and oxygen atoms in total. The van der Waals surface area contributed by atoms with Crippen LogP contribution in [0.2, 0.25) is 0 Å².